The van der Waals surface area contributed by atoms with Gasteiger partial charge in [-0.1, -0.05) is 11.6 Å². The van der Waals surface area contributed by atoms with Gasteiger partial charge in [0.1, 0.15) is 6.54 Å². The number of carbonyl (C=O) groups excluding carboxylic acids is 1. The van der Waals surface area contributed by atoms with E-state index in [0.717, 1.165) is 19.3 Å². The smallest absolute Gasteiger partial charge is 0.323 e. The van der Waals surface area contributed by atoms with E-state index < -0.39 is 5.97 Å². The number of hydrogen-bond acceptors (Lipinski definition) is 3. The second-order valence-electron chi connectivity index (χ2n) is 4.54. The van der Waals surface area contributed by atoms with E-state index in [2.05, 4.69) is 11.4 Å². The van der Waals surface area contributed by atoms with Crippen LogP contribution in [0.2, 0.25) is 0 Å². The van der Waals surface area contributed by atoms with Gasteiger partial charge < -0.3 is 20.1 Å². The molecule has 0 aliphatic heterocycles. The van der Waals surface area contributed by atoms with Gasteiger partial charge in [-0.15, -0.1) is 0 Å². The maximum atomic E-state index is 11.8. The van der Waals surface area contributed by atoms with Gasteiger partial charge in [0.15, 0.2) is 0 Å². The fraction of sp³-hybridized carbons (Fsp3) is 0.692. The van der Waals surface area contributed by atoms with E-state index in [1.54, 1.807) is 0 Å². The van der Waals surface area contributed by atoms with Crippen LogP contribution < -0.4 is 5.32 Å². The van der Waals surface area contributed by atoms with Gasteiger partial charge in [-0.2, -0.15) is 0 Å². The lowest BCUT2D eigenvalue weighted by Crippen LogP contribution is -2.44. The molecule has 0 aromatic carbocycles. The normalized spacial score (nSPS) is 14.1. The van der Waals surface area contributed by atoms with Crippen LogP contribution in [0.5, 0.6) is 0 Å². The molecule has 0 unspecified atom stereocenters. The van der Waals surface area contributed by atoms with E-state index in [0.29, 0.717) is 13.2 Å². The van der Waals surface area contributed by atoms with E-state index in [1.165, 1.54) is 24.0 Å². The molecular formula is C13H22N2O4. The van der Waals surface area contributed by atoms with Crippen molar-refractivity contribution in [1.29, 1.82) is 0 Å². The summed E-state index contributed by atoms with van der Waals surface area (Å²) in [6.45, 7) is 0.842. The zero-order valence-corrected chi connectivity index (χ0v) is 11.4. The highest BCUT2D eigenvalue weighted by Gasteiger charge is 2.16. The number of hydrogen-bond donors (Lipinski definition) is 2. The fourth-order valence-corrected chi connectivity index (χ4v) is 2.02. The molecule has 0 saturated heterocycles. The summed E-state index contributed by atoms with van der Waals surface area (Å²) in [6.07, 6.45) is 6.49. The molecule has 0 aromatic heterocycles. The molecule has 2 amide bonds. The predicted molar refractivity (Wildman–Crippen MR) is 71.0 cm³/mol. The standard InChI is InChI=1S/C13H22N2O4/c1-19-9-8-15(10-12(16)17)13(18)14-7-6-11-4-2-3-5-11/h4H,2-3,5-10H2,1H3,(H,14,18)(H,16,17). The predicted octanol–water partition coefficient (Wildman–Crippen LogP) is 1.23. The summed E-state index contributed by atoms with van der Waals surface area (Å²) in [5.41, 5.74) is 1.38. The average Bonchev–Trinajstić information content (AvgIpc) is 2.87. The molecule has 0 spiro atoms. The molecule has 0 saturated carbocycles. The molecule has 6 nitrogen and oxygen atoms in total. The van der Waals surface area contributed by atoms with Crippen molar-refractivity contribution in [2.24, 2.45) is 0 Å². The molecule has 2 N–H and O–H groups in total. The molecule has 1 rings (SSSR count). The first kappa shape index (κ1) is 15.5. The summed E-state index contributed by atoms with van der Waals surface area (Å²) in [5.74, 6) is -1.02. The minimum absolute atomic E-state index is 0.275. The lowest BCUT2D eigenvalue weighted by Gasteiger charge is -2.20. The first-order valence-electron chi connectivity index (χ1n) is 6.55. The Kier molecular flexibility index (Phi) is 6.95. The number of aliphatic carboxylic acids is 1. The summed E-state index contributed by atoms with van der Waals surface area (Å²) in [5, 5.41) is 11.5. The molecule has 0 radical (unpaired) electrons. The number of carbonyl (C=O) groups is 2. The maximum absolute atomic E-state index is 11.8. The van der Waals surface area contributed by atoms with Gasteiger partial charge in [-0.25, -0.2) is 4.79 Å². The number of urea groups is 1. The van der Waals surface area contributed by atoms with Crippen LogP contribution in [-0.4, -0.2) is 55.4 Å². The Morgan fingerprint density at radius 1 is 1.53 bits per heavy atom. The summed E-state index contributed by atoms with van der Waals surface area (Å²) in [7, 11) is 1.52. The van der Waals surface area contributed by atoms with Crippen molar-refractivity contribution in [3.63, 3.8) is 0 Å². The minimum Gasteiger partial charge on any atom is -0.480 e. The van der Waals surface area contributed by atoms with Crippen LogP contribution in [0.25, 0.3) is 0 Å². The zero-order valence-electron chi connectivity index (χ0n) is 11.4. The summed E-state index contributed by atoms with van der Waals surface area (Å²) in [6, 6.07) is -0.349. The highest BCUT2D eigenvalue weighted by Crippen LogP contribution is 2.19. The molecular weight excluding hydrogens is 248 g/mol. The van der Waals surface area contributed by atoms with Crippen LogP contribution in [0.4, 0.5) is 4.79 Å². The third-order valence-electron chi connectivity index (χ3n) is 3.04. The number of carboxylic acid groups (broad SMARTS) is 1. The van der Waals surface area contributed by atoms with E-state index in [-0.39, 0.29) is 19.1 Å². The monoisotopic (exact) mass is 270 g/mol. The third-order valence-corrected chi connectivity index (χ3v) is 3.04. The van der Waals surface area contributed by atoms with Gasteiger partial charge in [0, 0.05) is 20.2 Å². The lowest BCUT2D eigenvalue weighted by atomic mass is 10.2. The van der Waals surface area contributed by atoms with E-state index in [9.17, 15) is 9.59 Å². The Balaban J connectivity index is 2.30. The molecule has 108 valence electrons. The van der Waals surface area contributed by atoms with Gasteiger partial charge >= 0.3 is 12.0 Å². The van der Waals surface area contributed by atoms with Gasteiger partial charge in [0.2, 0.25) is 0 Å². The number of amides is 2. The summed E-state index contributed by atoms with van der Waals surface area (Å²) < 4.78 is 4.87. The van der Waals surface area contributed by atoms with Crippen molar-refractivity contribution in [1.82, 2.24) is 10.2 Å². The van der Waals surface area contributed by atoms with Gasteiger partial charge in [-0.3, -0.25) is 4.79 Å². The highest BCUT2D eigenvalue weighted by molar-refractivity contribution is 5.80. The molecule has 0 fully saturated rings. The van der Waals surface area contributed by atoms with E-state index >= 15 is 0 Å². The van der Waals surface area contributed by atoms with Crippen molar-refractivity contribution >= 4 is 12.0 Å². The highest BCUT2D eigenvalue weighted by atomic mass is 16.5. The topological polar surface area (TPSA) is 78.9 Å². The van der Waals surface area contributed by atoms with Crippen LogP contribution in [0, 0.1) is 0 Å². The van der Waals surface area contributed by atoms with Crippen molar-refractivity contribution in [3.8, 4) is 0 Å². The molecule has 1 aliphatic carbocycles. The number of methoxy groups -OCH3 is 1. The van der Waals surface area contributed by atoms with Crippen LogP contribution in [-0.2, 0) is 9.53 Å². The number of carboxylic acids is 1. The number of nitrogens with one attached hydrogen (secondary N) is 1. The second-order valence-corrected chi connectivity index (χ2v) is 4.54. The van der Waals surface area contributed by atoms with Gasteiger partial charge in [0.25, 0.3) is 0 Å². The summed E-state index contributed by atoms with van der Waals surface area (Å²) in [4.78, 5) is 23.8. The fourth-order valence-electron chi connectivity index (χ4n) is 2.02. The Bertz CT molecular complexity index is 342. The second kappa shape index (κ2) is 8.53. The van der Waals surface area contributed by atoms with Gasteiger partial charge in [-0.05, 0) is 25.7 Å². The number of ether oxygens (including phenoxy) is 1. The largest absolute Gasteiger partial charge is 0.480 e. The molecule has 19 heavy (non-hydrogen) atoms. The van der Waals surface area contributed by atoms with Crippen LogP contribution in [0.1, 0.15) is 25.7 Å². The Hall–Kier alpha value is -1.56. The van der Waals surface area contributed by atoms with Crippen LogP contribution in [0.3, 0.4) is 0 Å². The lowest BCUT2D eigenvalue weighted by molar-refractivity contribution is -0.137. The SMILES string of the molecule is COCCN(CC(=O)O)C(=O)NCCC1=CCCC1. The molecule has 6 heteroatoms. The van der Waals surface area contributed by atoms with Crippen LogP contribution >= 0.6 is 0 Å². The van der Waals surface area contributed by atoms with Gasteiger partial charge in [0.05, 0.1) is 6.61 Å². The first-order valence-corrected chi connectivity index (χ1v) is 6.55. The van der Waals surface area contributed by atoms with Crippen molar-refractivity contribution < 1.29 is 19.4 Å². The van der Waals surface area contributed by atoms with Crippen molar-refractivity contribution in [2.45, 2.75) is 25.7 Å². The quantitative estimate of drug-likeness (QED) is 0.650. The molecule has 0 atom stereocenters. The summed E-state index contributed by atoms with van der Waals surface area (Å²) >= 11 is 0. The number of allylic oxidation sites excluding steroid dienone is 1. The van der Waals surface area contributed by atoms with Crippen molar-refractivity contribution in [3.05, 3.63) is 11.6 Å². The number of nitrogens with zero attached hydrogens (tertiary/aromatic N) is 1. The Morgan fingerprint density at radius 3 is 2.89 bits per heavy atom. The molecule has 0 aromatic rings. The molecule has 1 aliphatic rings. The van der Waals surface area contributed by atoms with Crippen molar-refractivity contribution in [2.75, 3.05) is 33.4 Å². The Morgan fingerprint density at radius 2 is 2.32 bits per heavy atom. The Labute approximate surface area is 113 Å². The maximum Gasteiger partial charge on any atom is 0.323 e. The molecule has 0 heterocycles. The van der Waals surface area contributed by atoms with Crippen LogP contribution in [0.15, 0.2) is 11.6 Å². The first-order chi connectivity index (χ1) is 9.13. The average molecular weight is 270 g/mol. The minimum atomic E-state index is -1.02. The number of rotatable bonds is 8. The third kappa shape index (κ3) is 6.24. The zero-order chi connectivity index (χ0) is 14.1. The van der Waals surface area contributed by atoms with E-state index in [4.69, 9.17) is 9.84 Å². The molecule has 0 bridgehead atoms. The van der Waals surface area contributed by atoms with E-state index in [1.807, 2.05) is 0 Å².